The highest BCUT2D eigenvalue weighted by Crippen LogP contribution is 2.23. The minimum absolute atomic E-state index is 0.0913. The van der Waals surface area contributed by atoms with Crippen molar-refractivity contribution in [2.45, 2.75) is 18.2 Å². The molecule has 0 aromatic carbocycles. The van der Waals surface area contributed by atoms with E-state index in [1.54, 1.807) is 12.4 Å². The molecule has 0 spiro atoms. The Morgan fingerprint density at radius 1 is 1.62 bits per heavy atom. The first-order chi connectivity index (χ1) is 7.63. The van der Waals surface area contributed by atoms with E-state index < -0.39 is 0 Å². The van der Waals surface area contributed by atoms with Gasteiger partial charge in [-0.3, -0.25) is 4.79 Å². The maximum atomic E-state index is 12.1. The van der Waals surface area contributed by atoms with E-state index in [1.807, 2.05) is 13.0 Å². The monoisotopic (exact) mass is 344 g/mol. The molecule has 16 heavy (non-hydrogen) atoms. The molecule has 0 aliphatic carbocycles. The molecule has 2 aromatic heterocycles. The van der Waals surface area contributed by atoms with Crippen LogP contribution in [0.1, 0.15) is 23.7 Å². The second kappa shape index (κ2) is 4.67. The fraction of sp³-hybridized carbons (Fsp3) is 0.273. The lowest BCUT2D eigenvalue weighted by Crippen LogP contribution is -2.12. The number of aromatic amines is 1. The highest BCUT2D eigenvalue weighted by Gasteiger charge is 2.19. The fourth-order valence-corrected chi connectivity index (χ4v) is 2.11. The van der Waals surface area contributed by atoms with Crippen LogP contribution in [0.5, 0.6) is 0 Å². The normalized spacial score (nSPS) is 12.9. The van der Waals surface area contributed by atoms with Crippen molar-refractivity contribution in [2.24, 2.45) is 0 Å². The van der Waals surface area contributed by atoms with Crippen LogP contribution in [-0.2, 0) is 0 Å². The number of aromatic nitrogens is 2. The minimum Gasteiger partial charge on any atom is -0.345 e. The average molecular weight is 346 g/mol. The summed E-state index contributed by atoms with van der Waals surface area (Å²) in [6.07, 6.45) is 4.20. The van der Waals surface area contributed by atoms with Crippen molar-refractivity contribution in [1.29, 1.82) is 0 Å². The van der Waals surface area contributed by atoms with E-state index in [1.165, 1.54) is 0 Å². The van der Waals surface area contributed by atoms with Gasteiger partial charge in [0.25, 0.3) is 0 Å². The van der Waals surface area contributed by atoms with Crippen molar-refractivity contribution in [3.63, 3.8) is 0 Å². The smallest absolute Gasteiger partial charge is 0.178 e. The number of carbonyl (C=O) groups excluding carboxylic acids is 1. The van der Waals surface area contributed by atoms with Gasteiger partial charge >= 0.3 is 0 Å². The van der Waals surface area contributed by atoms with E-state index in [2.05, 4.69) is 41.8 Å². The van der Waals surface area contributed by atoms with Gasteiger partial charge in [0, 0.05) is 27.8 Å². The zero-order valence-corrected chi connectivity index (χ0v) is 11.8. The lowest BCUT2D eigenvalue weighted by atomic mass is 10.1. The van der Waals surface area contributed by atoms with Crippen LogP contribution in [0.15, 0.2) is 22.9 Å². The number of Topliss-reactive ketones (excluding diaryl/α,β-unsaturated/α-hetero) is 1. The number of ketones is 1. The highest BCUT2D eigenvalue weighted by molar-refractivity contribution is 9.10. The number of halogens is 2. The number of alkyl halides is 1. The zero-order chi connectivity index (χ0) is 11.7. The third-order valence-corrected chi connectivity index (χ3v) is 3.90. The van der Waals surface area contributed by atoms with Crippen LogP contribution < -0.4 is 0 Å². The van der Waals surface area contributed by atoms with Gasteiger partial charge in [0.05, 0.1) is 4.83 Å². The predicted molar refractivity (Wildman–Crippen MR) is 71.1 cm³/mol. The van der Waals surface area contributed by atoms with Gasteiger partial charge < -0.3 is 4.98 Å². The predicted octanol–water partition coefficient (Wildman–Crippen LogP) is 3.68. The molecule has 1 N–H and O–H groups in total. The topological polar surface area (TPSA) is 45.8 Å². The van der Waals surface area contributed by atoms with Gasteiger partial charge in [-0.25, -0.2) is 4.98 Å². The van der Waals surface area contributed by atoms with Crippen LogP contribution in [-0.4, -0.2) is 20.6 Å². The SMILES string of the molecule is CCC(Br)C(=O)c1c[nH]c2ncc(Br)cc12. The van der Waals surface area contributed by atoms with Gasteiger partial charge in [0.2, 0.25) is 0 Å². The maximum absolute atomic E-state index is 12.1. The number of H-pyrrole nitrogens is 1. The molecule has 2 rings (SSSR count). The summed E-state index contributed by atoms with van der Waals surface area (Å²) < 4.78 is 0.872. The van der Waals surface area contributed by atoms with Crippen LogP contribution in [0.4, 0.5) is 0 Å². The van der Waals surface area contributed by atoms with E-state index in [0.717, 1.165) is 21.9 Å². The lowest BCUT2D eigenvalue weighted by molar-refractivity contribution is 0.0992. The molecule has 2 aromatic rings. The molecule has 2 heterocycles. The third kappa shape index (κ3) is 2.06. The van der Waals surface area contributed by atoms with Crippen molar-refractivity contribution >= 4 is 48.7 Å². The standard InChI is InChI=1S/C11H10Br2N2O/c1-2-9(13)10(16)8-5-15-11-7(8)3-6(12)4-14-11/h3-5,9H,2H2,1H3,(H,14,15). The van der Waals surface area contributed by atoms with E-state index in [4.69, 9.17) is 0 Å². The first kappa shape index (κ1) is 11.8. The molecule has 0 amide bonds. The van der Waals surface area contributed by atoms with Crippen molar-refractivity contribution in [3.05, 3.63) is 28.5 Å². The molecule has 1 unspecified atom stereocenters. The molecule has 0 saturated heterocycles. The maximum Gasteiger partial charge on any atom is 0.178 e. The lowest BCUT2D eigenvalue weighted by Gasteiger charge is -2.03. The summed E-state index contributed by atoms with van der Waals surface area (Å²) in [6.45, 7) is 1.97. The molecular formula is C11H10Br2N2O. The van der Waals surface area contributed by atoms with E-state index >= 15 is 0 Å². The number of nitrogens with zero attached hydrogens (tertiary/aromatic N) is 1. The molecule has 0 saturated carbocycles. The second-order valence-electron chi connectivity index (χ2n) is 3.49. The van der Waals surface area contributed by atoms with Crippen LogP contribution in [0.25, 0.3) is 11.0 Å². The number of rotatable bonds is 3. The largest absolute Gasteiger partial charge is 0.345 e. The Kier molecular flexibility index (Phi) is 3.44. The van der Waals surface area contributed by atoms with Crippen LogP contribution in [0.2, 0.25) is 0 Å². The molecule has 84 valence electrons. The summed E-state index contributed by atoms with van der Waals surface area (Å²) in [4.78, 5) is 19.1. The Bertz CT molecular complexity index is 536. The van der Waals surface area contributed by atoms with Crippen LogP contribution in [0.3, 0.4) is 0 Å². The van der Waals surface area contributed by atoms with Gasteiger partial charge in [0.1, 0.15) is 5.65 Å². The number of hydrogen-bond donors (Lipinski definition) is 1. The summed E-state index contributed by atoms with van der Waals surface area (Å²) in [5, 5.41) is 0.859. The summed E-state index contributed by atoms with van der Waals surface area (Å²) in [6, 6.07) is 1.90. The van der Waals surface area contributed by atoms with Crippen molar-refractivity contribution in [1.82, 2.24) is 9.97 Å². The third-order valence-electron chi connectivity index (χ3n) is 2.41. The second-order valence-corrected chi connectivity index (χ2v) is 5.51. The minimum atomic E-state index is -0.134. The highest BCUT2D eigenvalue weighted by atomic mass is 79.9. The van der Waals surface area contributed by atoms with Gasteiger partial charge in [-0.1, -0.05) is 22.9 Å². The van der Waals surface area contributed by atoms with Gasteiger partial charge in [-0.15, -0.1) is 0 Å². The summed E-state index contributed by atoms with van der Waals surface area (Å²) >= 11 is 6.73. The average Bonchev–Trinajstić information content (AvgIpc) is 2.69. The number of nitrogens with one attached hydrogen (secondary N) is 1. The molecular weight excluding hydrogens is 336 g/mol. The van der Waals surface area contributed by atoms with Crippen LogP contribution >= 0.6 is 31.9 Å². The van der Waals surface area contributed by atoms with E-state index in [0.29, 0.717) is 5.56 Å². The first-order valence-electron chi connectivity index (χ1n) is 4.94. The Balaban J connectivity index is 2.53. The molecule has 3 nitrogen and oxygen atoms in total. The number of carbonyl (C=O) groups is 1. The van der Waals surface area contributed by atoms with Gasteiger partial charge in [-0.05, 0) is 28.4 Å². The number of pyridine rings is 1. The van der Waals surface area contributed by atoms with Gasteiger partial charge in [-0.2, -0.15) is 0 Å². The molecule has 1 atom stereocenters. The fourth-order valence-electron chi connectivity index (χ4n) is 1.54. The Morgan fingerprint density at radius 2 is 2.38 bits per heavy atom. The van der Waals surface area contributed by atoms with Crippen molar-refractivity contribution < 1.29 is 4.79 Å². The van der Waals surface area contributed by atoms with E-state index in [9.17, 15) is 4.79 Å². The van der Waals surface area contributed by atoms with Crippen molar-refractivity contribution in [2.75, 3.05) is 0 Å². The molecule has 0 aliphatic rings. The quantitative estimate of drug-likeness (QED) is 0.681. The van der Waals surface area contributed by atoms with Crippen molar-refractivity contribution in [3.8, 4) is 0 Å². The molecule has 0 aliphatic heterocycles. The van der Waals surface area contributed by atoms with Gasteiger partial charge in [0.15, 0.2) is 5.78 Å². The summed E-state index contributed by atoms with van der Waals surface area (Å²) in [5.41, 5.74) is 1.43. The Hall–Kier alpha value is -0.680. The molecule has 5 heteroatoms. The summed E-state index contributed by atoms with van der Waals surface area (Å²) in [5.74, 6) is 0.0913. The Labute approximate surface area is 110 Å². The number of hydrogen-bond acceptors (Lipinski definition) is 2. The van der Waals surface area contributed by atoms with E-state index in [-0.39, 0.29) is 10.6 Å². The summed E-state index contributed by atoms with van der Waals surface area (Å²) in [7, 11) is 0. The molecule has 0 bridgehead atoms. The Morgan fingerprint density at radius 3 is 3.06 bits per heavy atom. The first-order valence-corrected chi connectivity index (χ1v) is 6.65. The molecule has 0 radical (unpaired) electrons. The zero-order valence-electron chi connectivity index (χ0n) is 8.63. The molecule has 0 fully saturated rings. The van der Waals surface area contributed by atoms with Crippen LogP contribution in [0, 0.1) is 0 Å². The number of fused-ring (bicyclic) bond motifs is 1.